The minimum absolute atomic E-state index is 0.0477. The number of nitrogens with zero attached hydrogens (tertiary/aromatic N) is 4. The number of aromatic nitrogens is 3. The molecule has 4 aromatic heterocycles. The summed E-state index contributed by atoms with van der Waals surface area (Å²) in [5.74, 6) is -1.25. The lowest BCUT2D eigenvalue weighted by molar-refractivity contribution is -0.142. The van der Waals surface area contributed by atoms with Crippen LogP contribution < -0.4 is 5.73 Å². The molecule has 2 N–H and O–H groups in total. The van der Waals surface area contributed by atoms with E-state index in [4.69, 9.17) is 22.2 Å². The van der Waals surface area contributed by atoms with Gasteiger partial charge in [0.15, 0.2) is 22.9 Å². The zero-order valence-electron chi connectivity index (χ0n) is 14.6. The van der Waals surface area contributed by atoms with Gasteiger partial charge in [-0.3, -0.25) is 0 Å². The zero-order valence-corrected chi connectivity index (χ0v) is 16.9. The molecule has 0 saturated carbocycles. The number of alkyl halides is 3. The Kier molecular flexibility index (Phi) is 5.22. The van der Waals surface area contributed by atoms with Crippen LogP contribution in [0, 0.1) is 0 Å². The van der Waals surface area contributed by atoms with Gasteiger partial charge in [-0.15, -0.1) is 22.7 Å². The lowest BCUT2D eigenvalue weighted by Gasteiger charge is -2.10. The molecule has 0 aliphatic rings. The van der Waals surface area contributed by atoms with Crippen LogP contribution in [0.5, 0.6) is 0 Å². The maximum absolute atomic E-state index is 13.6. The fraction of sp³-hybridized carbons (Fsp3) is 0.0588. The van der Waals surface area contributed by atoms with Crippen LogP contribution in [0.4, 0.5) is 13.2 Å². The molecule has 0 atom stereocenters. The van der Waals surface area contributed by atoms with Gasteiger partial charge in [0.25, 0.3) is 0 Å². The maximum Gasteiger partial charge on any atom is 0.433 e. The SMILES string of the molecule is N/C(=N\OC(=O)c1nn2c(C(F)(F)F)cc(-c3cccs3)nc2c1Cl)c1cccs1. The van der Waals surface area contributed by atoms with Gasteiger partial charge in [0.2, 0.25) is 0 Å². The van der Waals surface area contributed by atoms with E-state index >= 15 is 0 Å². The molecule has 154 valence electrons. The normalized spacial score (nSPS) is 12.5. The first-order chi connectivity index (χ1) is 14.3. The molecule has 4 heterocycles. The second kappa shape index (κ2) is 7.70. The highest BCUT2D eigenvalue weighted by molar-refractivity contribution is 7.13. The van der Waals surface area contributed by atoms with Gasteiger partial charge >= 0.3 is 12.1 Å². The number of amidine groups is 1. The Morgan fingerprint density at radius 1 is 1.23 bits per heavy atom. The smallest absolute Gasteiger partial charge is 0.380 e. The van der Waals surface area contributed by atoms with Crippen molar-refractivity contribution in [2.75, 3.05) is 0 Å². The second-order valence-corrected chi connectivity index (χ2v) is 8.01. The third kappa shape index (κ3) is 3.76. The molecule has 13 heteroatoms. The van der Waals surface area contributed by atoms with Crippen LogP contribution in [0.2, 0.25) is 5.02 Å². The number of fused-ring (bicyclic) bond motifs is 1. The van der Waals surface area contributed by atoms with Crippen LogP contribution >= 0.6 is 34.3 Å². The van der Waals surface area contributed by atoms with Crippen molar-refractivity contribution < 1.29 is 22.8 Å². The summed E-state index contributed by atoms with van der Waals surface area (Å²) >= 11 is 8.61. The number of halogens is 4. The molecule has 0 aliphatic carbocycles. The summed E-state index contributed by atoms with van der Waals surface area (Å²) in [6.45, 7) is 0. The summed E-state index contributed by atoms with van der Waals surface area (Å²) in [5, 5.41) is 10.2. The van der Waals surface area contributed by atoms with Crippen molar-refractivity contribution in [3.63, 3.8) is 0 Å². The highest BCUT2D eigenvalue weighted by Crippen LogP contribution is 2.35. The van der Waals surface area contributed by atoms with Crippen LogP contribution in [0.1, 0.15) is 21.1 Å². The highest BCUT2D eigenvalue weighted by Gasteiger charge is 2.37. The van der Waals surface area contributed by atoms with E-state index in [1.54, 1.807) is 35.0 Å². The molecule has 0 amide bonds. The van der Waals surface area contributed by atoms with E-state index in [2.05, 4.69) is 15.2 Å². The van der Waals surface area contributed by atoms with Crippen molar-refractivity contribution in [2.24, 2.45) is 10.9 Å². The Hall–Kier alpha value is -2.96. The van der Waals surface area contributed by atoms with Gasteiger partial charge in [-0.1, -0.05) is 28.9 Å². The van der Waals surface area contributed by atoms with Crippen LogP contribution in [-0.4, -0.2) is 26.4 Å². The molecular formula is C17H9ClF3N5O2S2. The van der Waals surface area contributed by atoms with Crippen molar-refractivity contribution in [1.82, 2.24) is 14.6 Å². The van der Waals surface area contributed by atoms with Gasteiger partial charge in [0, 0.05) is 0 Å². The first-order valence-corrected chi connectivity index (χ1v) is 10.2. The minimum Gasteiger partial charge on any atom is -0.380 e. The van der Waals surface area contributed by atoms with E-state index in [0.717, 1.165) is 6.07 Å². The molecular weight excluding hydrogens is 463 g/mol. The standard InChI is InChI=1S/C17H9ClF3N5O2S2/c18-12-13(16(27)28-25-14(22)10-4-2-6-30-10)24-26-11(17(19,20)21)7-8(23-15(12)26)9-3-1-5-29-9/h1-7H,(H2,22,25). The summed E-state index contributed by atoms with van der Waals surface area (Å²) in [4.78, 5) is 22.2. The molecule has 4 aromatic rings. The average molecular weight is 472 g/mol. The highest BCUT2D eigenvalue weighted by atomic mass is 35.5. The molecule has 4 rings (SSSR count). The first-order valence-electron chi connectivity index (χ1n) is 8.04. The fourth-order valence-electron chi connectivity index (χ4n) is 2.48. The van der Waals surface area contributed by atoms with Crippen molar-refractivity contribution in [1.29, 1.82) is 0 Å². The largest absolute Gasteiger partial charge is 0.433 e. The monoisotopic (exact) mass is 471 g/mol. The van der Waals surface area contributed by atoms with Gasteiger partial charge in [0.1, 0.15) is 5.02 Å². The summed E-state index contributed by atoms with van der Waals surface area (Å²) in [6.07, 6.45) is -4.77. The Morgan fingerprint density at radius 2 is 1.97 bits per heavy atom. The van der Waals surface area contributed by atoms with Crippen molar-refractivity contribution >= 4 is 51.7 Å². The molecule has 0 aromatic carbocycles. The molecule has 0 spiro atoms. The maximum atomic E-state index is 13.6. The summed E-state index contributed by atoms with van der Waals surface area (Å²) in [6, 6.07) is 7.50. The van der Waals surface area contributed by atoms with Crippen molar-refractivity contribution in [3.8, 4) is 10.6 Å². The van der Waals surface area contributed by atoms with Crippen molar-refractivity contribution in [2.45, 2.75) is 6.18 Å². The lowest BCUT2D eigenvalue weighted by atomic mass is 10.2. The third-order valence-electron chi connectivity index (χ3n) is 3.79. The van der Waals surface area contributed by atoms with E-state index in [9.17, 15) is 18.0 Å². The van der Waals surface area contributed by atoms with Crippen molar-refractivity contribution in [3.05, 3.63) is 62.4 Å². The van der Waals surface area contributed by atoms with Crippen LogP contribution in [0.25, 0.3) is 16.2 Å². The van der Waals surface area contributed by atoms with Crippen LogP contribution in [0.3, 0.4) is 0 Å². The Bertz CT molecular complexity index is 1250. The molecule has 7 nitrogen and oxygen atoms in total. The number of thiophene rings is 2. The molecule has 0 saturated heterocycles. The van der Waals surface area contributed by atoms with Gasteiger partial charge in [0.05, 0.1) is 15.4 Å². The molecule has 0 aliphatic heterocycles. The minimum atomic E-state index is -4.77. The van der Waals surface area contributed by atoms with Crippen LogP contribution in [0.15, 0.2) is 46.2 Å². The Labute approximate surface area is 179 Å². The molecule has 0 fully saturated rings. The predicted molar refractivity (Wildman–Crippen MR) is 107 cm³/mol. The quantitative estimate of drug-likeness (QED) is 0.202. The predicted octanol–water partition coefficient (Wildman–Crippen LogP) is 4.67. The number of oxime groups is 1. The number of nitrogens with two attached hydrogens (primary N) is 1. The molecule has 0 unspecified atom stereocenters. The number of hydrogen-bond donors (Lipinski definition) is 1. The molecule has 0 radical (unpaired) electrons. The van der Waals surface area contributed by atoms with E-state index in [0.29, 0.717) is 14.3 Å². The first kappa shape index (κ1) is 20.3. The second-order valence-electron chi connectivity index (χ2n) is 5.73. The molecule has 0 bridgehead atoms. The fourth-order valence-corrected chi connectivity index (χ4v) is 4.02. The number of carbonyl (C=O) groups excluding carboxylic acids is 1. The van der Waals surface area contributed by atoms with E-state index in [1.807, 2.05) is 0 Å². The average Bonchev–Trinajstić information content (AvgIpc) is 3.45. The summed E-state index contributed by atoms with van der Waals surface area (Å²) < 4.78 is 41.3. The summed E-state index contributed by atoms with van der Waals surface area (Å²) in [7, 11) is 0. The van der Waals surface area contributed by atoms with Crippen LogP contribution in [-0.2, 0) is 11.0 Å². The van der Waals surface area contributed by atoms with Gasteiger partial charge in [-0.25, -0.2) is 14.3 Å². The third-order valence-corrected chi connectivity index (χ3v) is 5.92. The number of rotatable bonds is 4. The Morgan fingerprint density at radius 3 is 2.60 bits per heavy atom. The topological polar surface area (TPSA) is 94.9 Å². The van der Waals surface area contributed by atoms with E-state index in [-0.39, 0.29) is 17.2 Å². The number of carbonyl (C=O) groups is 1. The van der Waals surface area contributed by atoms with E-state index < -0.39 is 28.6 Å². The Balaban J connectivity index is 1.77. The number of hydrogen-bond acceptors (Lipinski definition) is 7. The van der Waals surface area contributed by atoms with Gasteiger partial charge < -0.3 is 10.6 Å². The summed E-state index contributed by atoms with van der Waals surface area (Å²) in [5.41, 5.74) is 3.70. The lowest BCUT2D eigenvalue weighted by Crippen LogP contribution is -2.15. The van der Waals surface area contributed by atoms with E-state index in [1.165, 1.54) is 22.7 Å². The molecule has 30 heavy (non-hydrogen) atoms. The van der Waals surface area contributed by atoms with Gasteiger partial charge in [-0.2, -0.15) is 18.3 Å². The zero-order chi connectivity index (χ0) is 21.5. The van der Waals surface area contributed by atoms with Gasteiger partial charge in [-0.05, 0) is 29.0 Å².